The molecule has 3 aliphatic rings. The minimum absolute atomic E-state index is 0.0292. The van der Waals surface area contributed by atoms with Crippen molar-refractivity contribution in [1.29, 1.82) is 0 Å². The maximum Gasteiger partial charge on any atom is 0.343 e. The van der Waals surface area contributed by atoms with Crippen LogP contribution >= 0.6 is 0 Å². The van der Waals surface area contributed by atoms with Gasteiger partial charge in [0, 0.05) is 22.1 Å². The Kier molecular flexibility index (Phi) is 6.45. The third kappa shape index (κ3) is 3.93. The van der Waals surface area contributed by atoms with Gasteiger partial charge in [-0.15, -0.1) is 0 Å². The highest BCUT2D eigenvalue weighted by atomic mass is 16.7. The molecule has 1 unspecified atom stereocenters. The Morgan fingerprint density at radius 1 is 1.15 bits per heavy atom. The lowest BCUT2D eigenvalue weighted by Crippen LogP contribution is -2.58. The molecule has 6 atom stereocenters. The van der Waals surface area contributed by atoms with Crippen LogP contribution in [0.15, 0.2) is 40.3 Å². The number of carbonyl (C=O) groups excluding carboxylic acids is 1. The summed E-state index contributed by atoms with van der Waals surface area (Å²) in [6.45, 7) is 1.21. The molecule has 210 valence electrons. The van der Waals surface area contributed by atoms with E-state index in [-0.39, 0.29) is 37.3 Å². The van der Waals surface area contributed by atoms with Crippen LogP contribution in [0, 0.1) is 0 Å². The normalized spacial score (nSPS) is 29.2. The van der Waals surface area contributed by atoms with Gasteiger partial charge in [0.25, 0.3) is 5.56 Å². The summed E-state index contributed by atoms with van der Waals surface area (Å²) in [6.07, 6.45) is -6.17. The van der Waals surface area contributed by atoms with Gasteiger partial charge in [0.2, 0.25) is 0 Å². The predicted octanol–water partition coefficient (Wildman–Crippen LogP) is -0.770. The first-order chi connectivity index (χ1) is 19.2. The summed E-state index contributed by atoms with van der Waals surface area (Å²) in [6, 6.07) is 8.90. The molecule has 0 saturated carbocycles. The lowest BCUT2D eigenvalue weighted by atomic mass is 9.86. The first-order valence-corrected chi connectivity index (χ1v) is 12.8. The van der Waals surface area contributed by atoms with Crippen molar-refractivity contribution in [2.24, 2.45) is 5.16 Å². The summed E-state index contributed by atoms with van der Waals surface area (Å²) in [5.74, 6) is -0.803. The average molecular weight is 554 g/mol. The van der Waals surface area contributed by atoms with Crippen LogP contribution in [0.3, 0.4) is 0 Å². The van der Waals surface area contributed by atoms with E-state index in [0.29, 0.717) is 28.0 Å². The van der Waals surface area contributed by atoms with E-state index in [9.17, 15) is 35.1 Å². The van der Waals surface area contributed by atoms with Gasteiger partial charge in [-0.25, -0.2) is 9.78 Å². The molecule has 0 radical (unpaired) electrons. The first kappa shape index (κ1) is 26.5. The van der Waals surface area contributed by atoms with Gasteiger partial charge in [-0.05, 0) is 18.6 Å². The molecule has 13 heteroatoms. The van der Waals surface area contributed by atoms with Crippen LogP contribution in [0.1, 0.15) is 35.6 Å². The predicted molar refractivity (Wildman–Crippen MR) is 137 cm³/mol. The molecule has 3 aromatic rings. The number of esters is 1. The lowest BCUT2D eigenvalue weighted by Gasteiger charge is -2.37. The molecule has 13 nitrogen and oxygen atoms in total. The topological polar surface area (TPSA) is 193 Å². The fraction of sp³-hybridized carbons (Fsp3) is 0.407. The van der Waals surface area contributed by atoms with E-state index in [0.717, 1.165) is 5.39 Å². The lowest BCUT2D eigenvalue weighted by molar-refractivity contribution is -0.288. The Balaban J connectivity index is 1.38. The van der Waals surface area contributed by atoms with Crippen molar-refractivity contribution in [3.63, 3.8) is 0 Å². The summed E-state index contributed by atoms with van der Waals surface area (Å²) in [5, 5.41) is 55.2. The highest BCUT2D eigenvalue weighted by molar-refractivity contribution is 6.02. The summed E-state index contributed by atoms with van der Waals surface area (Å²) in [5.41, 5.74) is 0.914. The molecule has 0 amide bonds. The number of rotatable bonds is 5. The number of aromatic nitrogens is 2. The molecular weight excluding hydrogens is 526 g/mol. The smallest absolute Gasteiger partial charge is 0.343 e. The van der Waals surface area contributed by atoms with Gasteiger partial charge >= 0.3 is 5.97 Å². The first-order valence-electron chi connectivity index (χ1n) is 12.8. The van der Waals surface area contributed by atoms with E-state index in [4.69, 9.17) is 19.3 Å². The van der Waals surface area contributed by atoms with Gasteiger partial charge in [0.1, 0.15) is 37.6 Å². The van der Waals surface area contributed by atoms with Crippen LogP contribution in [0.2, 0.25) is 0 Å². The average Bonchev–Trinajstić information content (AvgIpc) is 3.33. The van der Waals surface area contributed by atoms with Crippen LogP contribution in [0.4, 0.5) is 0 Å². The number of aliphatic hydroxyl groups excluding tert-OH is 4. The number of benzene rings is 1. The van der Waals surface area contributed by atoms with Gasteiger partial charge < -0.3 is 44.4 Å². The van der Waals surface area contributed by atoms with Gasteiger partial charge in [-0.3, -0.25) is 4.79 Å². The Bertz CT molecular complexity index is 1600. The van der Waals surface area contributed by atoms with Crippen LogP contribution in [-0.4, -0.2) is 84.6 Å². The van der Waals surface area contributed by atoms with Crippen LogP contribution in [0.25, 0.3) is 22.3 Å². The third-order valence-corrected chi connectivity index (χ3v) is 7.82. The summed E-state index contributed by atoms with van der Waals surface area (Å²) < 4.78 is 11.8. The zero-order valence-corrected chi connectivity index (χ0v) is 21.3. The zero-order valence-electron chi connectivity index (χ0n) is 21.3. The van der Waals surface area contributed by atoms with E-state index in [1.807, 2.05) is 18.2 Å². The maximum atomic E-state index is 13.5. The van der Waals surface area contributed by atoms with Crippen molar-refractivity contribution in [2.45, 2.75) is 62.8 Å². The second-order valence-corrected chi connectivity index (χ2v) is 10.0. The van der Waals surface area contributed by atoms with E-state index < -0.39 is 47.8 Å². The molecule has 6 rings (SSSR count). The molecule has 0 spiro atoms. The number of aliphatic hydroxyl groups is 5. The number of oxime groups is 1. The van der Waals surface area contributed by atoms with Crippen LogP contribution in [0.5, 0.6) is 0 Å². The SMILES string of the molecule is CC[C@@]1(O)C(=O)OCc2c1cc1n(c2=O)Cc2c-1nc1ccccc1c2/C=N/OC[C@H]1OC(O)[C@H](O)[C@@H](O)[C@H]1O. The number of para-hydroxylation sites is 1. The molecule has 3 aliphatic heterocycles. The second kappa shape index (κ2) is 9.73. The van der Waals surface area contributed by atoms with Crippen molar-refractivity contribution < 1.29 is 44.6 Å². The van der Waals surface area contributed by atoms with Crippen molar-refractivity contribution >= 4 is 23.1 Å². The molecule has 40 heavy (non-hydrogen) atoms. The standard InChI is InChI=1S/C27H27N3O10/c1-2-27(37)16-7-18-20-14(9-30(18)24(34)15(16)10-38-26(27)36)13(12-5-3-4-6-17(12)29-20)8-28-39-11-19-21(31)22(32)23(33)25(35)40-19/h3-8,19,21-23,25,31-33,35,37H,2,9-11H2,1H3/b28-8+/t19-,21+,22+,23-,25?,27+/m1/s1. The third-order valence-electron chi connectivity index (χ3n) is 7.82. The second-order valence-electron chi connectivity index (χ2n) is 10.0. The molecule has 5 N–H and O–H groups in total. The van der Waals surface area contributed by atoms with Crippen LogP contribution < -0.4 is 5.56 Å². The Hall–Kier alpha value is -3.72. The van der Waals surface area contributed by atoms with E-state index in [1.165, 1.54) is 10.8 Å². The van der Waals surface area contributed by atoms with E-state index >= 15 is 0 Å². The molecule has 0 bridgehead atoms. The van der Waals surface area contributed by atoms with E-state index in [2.05, 4.69) is 5.16 Å². The summed E-state index contributed by atoms with van der Waals surface area (Å²) >= 11 is 0. The molecule has 1 fully saturated rings. The number of cyclic esters (lactones) is 1. The molecular formula is C27H27N3O10. The molecule has 5 heterocycles. The number of nitrogens with zero attached hydrogens (tertiary/aromatic N) is 3. The van der Waals surface area contributed by atoms with Gasteiger partial charge in [0.15, 0.2) is 11.9 Å². The molecule has 0 aliphatic carbocycles. The fourth-order valence-electron chi connectivity index (χ4n) is 5.48. The number of pyridine rings is 2. The van der Waals surface area contributed by atoms with Crippen molar-refractivity contribution in [3.05, 3.63) is 62.9 Å². The van der Waals surface area contributed by atoms with Crippen molar-refractivity contribution in [3.8, 4) is 11.4 Å². The number of hydrogen-bond acceptors (Lipinski definition) is 12. The fourth-order valence-corrected chi connectivity index (χ4v) is 5.48. The van der Waals surface area contributed by atoms with Gasteiger partial charge in [-0.1, -0.05) is 30.3 Å². The quantitative estimate of drug-likeness (QED) is 0.118. The number of carbonyl (C=O) groups is 1. The zero-order chi connectivity index (χ0) is 28.3. The minimum Gasteiger partial charge on any atom is -0.458 e. The van der Waals surface area contributed by atoms with Crippen molar-refractivity contribution in [1.82, 2.24) is 9.55 Å². The Labute approximate surface area is 226 Å². The largest absolute Gasteiger partial charge is 0.458 e. The highest BCUT2D eigenvalue weighted by Crippen LogP contribution is 2.39. The minimum atomic E-state index is -1.94. The van der Waals surface area contributed by atoms with Crippen LogP contribution in [-0.2, 0) is 37.9 Å². The van der Waals surface area contributed by atoms with Gasteiger partial charge in [0.05, 0.1) is 35.2 Å². The number of fused-ring (bicyclic) bond motifs is 5. The molecule has 1 saturated heterocycles. The Morgan fingerprint density at radius 2 is 1.93 bits per heavy atom. The van der Waals surface area contributed by atoms with Gasteiger partial charge in [-0.2, -0.15) is 0 Å². The maximum absolute atomic E-state index is 13.5. The summed E-state index contributed by atoms with van der Waals surface area (Å²) in [4.78, 5) is 36.1. The Morgan fingerprint density at radius 3 is 2.70 bits per heavy atom. The number of ether oxygens (including phenoxy) is 2. The highest BCUT2D eigenvalue weighted by Gasteiger charge is 2.46. The molecule has 1 aromatic carbocycles. The number of hydrogen-bond donors (Lipinski definition) is 5. The van der Waals surface area contributed by atoms with Crippen molar-refractivity contribution in [2.75, 3.05) is 6.61 Å². The molecule has 2 aromatic heterocycles. The van der Waals surface area contributed by atoms with E-state index in [1.54, 1.807) is 19.1 Å². The monoisotopic (exact) mass is 553 g/mol. The summed E-state index contributed by atoms with van der Waals surface area (Å²) in [7, 11) is 0.